The van der Waals surface area contributed by atoms with Crippen molar-refractivity contribution >= 4 is 160 Å². The van der Waals surface area contributed by atoms with E-state index in [1.54, 1.807) is 103 Å². The Hall–Kier alpha value is -8.28. The van der Waals surface area contributed by atoms with Crippen LogP contribution in [0.3, 0.4) is 0 Å². The molecule has 0 saturated carbocycles. The maximum absolute atomic E-state index is 13.6. The summed E-state index contributed by atoms with van der Waals surface area (Å²) in [5.41, 5.74) is 13.4. The summed E-state index contributed by atoms with van der Waals surface area (Å²) in [6.07, 6.45) is -21.0. The molecule has 5 aromatic carbocycles. The van der Waals surface area contributed by atoms with Gasteiger partial charge >= 0.3 is 45.8 Å². The van der Waals surface area contributed by atoms with E-state index in [9.17, 15) is 111 Å². The molecular formula is C74H74B2Cl5F22N11O6S5. The molecule has 17 nitrogen and oxygen atoms in total. The SMILES string of the molecule is Cc1nc(-c2ccc(C(=O)Cl)cc2)c(Cl)s1.Cc1nc(-c2ccc(C(=O)NCCC(F)(F)F)cc2)c(Cl)s1.Cc1nc(-c2ccc(C(=O)NCCC(F)(F)F)cc2)c(F)s1.Cc1nc(-c2ccc(C(=O)NCCC(F)(F)F)cc2)cs1.Cc1nc(-c2ccc(C(=O)O)cc2)cs1.Cl.FB(F)F.FB(F)F.F[N+]12CC[N+](CCl)(CC1)CC2.NCCC(F)(F)F.[F-].[F-]. The first kappa shape index (κ1) is 115. The van der Waals surface area contributed by atoms with Gasteiger partial charge in [-0.15, -0.1) is 62.5 Å². The fourth-order valence-corrected chi connectivity index (χ4v) is 14.7. The molecule has 3 aliphatic heterocycles. The number of carbonyl (C=O) groups is 5. The van der Waals surface area contributed by atoms with Gasteiger partial charge in [0.15, 0.2) is 25.6 Å². The third-order valence-electron chi connectivity index (χ3n) is 16.1. The van der Waals surface area contributed by atoms with Gasteiger partial charge in [0.1, 0.15) is 45.4 Å². The summed E-state index contributed by atoms with van der Waals surface area (Å²) in [5.74, 6) is -2.57. The number of hydrogen-bond acceptors (Lipinski definition) is 16. The molecule has 5 aromatic heterocycles. The van der Waals surface area contributed by atoms with Crippen LogP contribution in [-0.2, 0) is 0 Å². The summed E-state index contributed by atoms with van der Waals surface area (Å²) >= 11 is 30.1. The maximum Gasteiger partial charge on any atom is 0.762 e. The van der Waals surface area contributed by atoms with Gasteiger partial charge in [0.05, 0.1) is 67.7 Å². The van der Waals surface area contributed by atoms with Crippen LogP contribution >= 0.6 is 115 Å². The Morgan fingerprint density at radius 2 is 0.712 bits per heavy atom. The van der Waals surface area contributed by atoms with Gasteiger partial charge in [-0.05, 0) is 111 Å². The molecule has 686 valence electrons. The van der Waals surface area contributed by atoms with Gasteiger partial charge in [0.25, 0.3) is 23.0 Å². The number of thiazole rings is 5. The molecule has 125 heavy (non-hydrogen) atoms. The zero-order valence-electron chi connectivity index (χ0n) is 65.4. The van der Waals surface area contributed by atoms with E-state index in [1.165, 1.54) is 70.4 Å². The van der Waals surface area contributed by atoms with E-state index in [0.717, 1.165) is 94.8 Å². The van der Waals surface area contributed by atoms with Crippen LogP contribution in [-0.4, -0.2) is 179 Å². The first-order chi connectivity index (χ1) is 56.8. The van der Waals surface area contributed by atoms with Gasteiger partial charge in [-0.25, -0.2) is 29.7 Å². The number of carbonyl (C=O) groups excluding carboxylic acids is 4. The Kier molecular flexibility index (Phi) is 49.7. The molecule has 51 heteroatoms. The summed E-state index contributed by atoms with van der Waals surface area (Å²) < 4.78 is 228. The molecule has 3 amide bonds. The van der Waals surface area contributed by atoms with Crippen molar-refractivity contribution < 1.29 is 135 Å². The largest absolute Gasteiger partial charge is 1.00 e. The Morgan fingerprint density at radius 1 is 0.440 bits per heavy atom. The number of aryl methyl sites for hydroxylation is 5. The van der Waals surface area contributed by atoms with Crippen molar-refractivity contribution in [2.45, 2.75) is 85.0 Å². The molecule has 6 N–H and O–H groups in total. The van der Waals surface area contributed by atoms with Crippen LogP contribution in [0.15, 0.2) is 132 Å². The van der Waals surface area contributed by atoms with Crippen LogP contribution in [0.1, 0.15) is 103 Å². The quantitative estimate of drug-likeness (QED) is 0.0103. The first-order valence-corrected chi connectivity index (χ1v) is 41.0. The molecule has 0 aliphatic carbocycles. The molecule has 0 atom stereocenters. The number of amides is 3. The van der Waals surface area contributed by atoms with E-state index in [2.05, 4.69) is 46.6 Å². The number of fused-ring (bicyclic) bond motifs is 3. The zero-order chi connectivity index (χ0) is 91.7. The minimum Gasteiger partial charge on any atom is -1.00 e. The number of aromatic carboxylic acids is 1. The molecule has 0 unspecified atom stereocenters. The highest BCUT2D eigenvalue weighted by Gasteiger charge is 2.50. The zero-order valence-corrected chi connectivity index (χ0v) is 73.4. The number of nitrogens with zero attached hydrogens (tertiary/aromatic N) is 7. The molecule has 2 bridgehead atoms. The second-order valence-electron chi connectivity index (χ2n) is 25.4. The highest BCUT2D eigenvalue weighted by molar-refractivity contribution is 7.16. The van der Waals surface area contributed by atoms with E-state index in [-0.39, 0.29) is 49.9 Å². The standard InChI is InChI=1S/C14H12ClF3N2OS.C14H12F4N2OS.C14H13F3N2OS.C11H7Cl2NOS.C11H9NO2S.C7H14ClFN2.C3H6F3N.2BF3.ClH.2FH/c2*1-8-20-11(12(15)22-8)9-2-4-10(5-3-9)13(21)19-7-6-14(16,17)18;1-9-19-12(8-21-9)10-2-4-11(5-3-10)13(20)18-7-6-14(15,16)17;1-6-14-9(11(13)16-6)7-2-4-8(5-3-7)10(12)15;1-7-12-10(6-15-7)8-2-4-9(5-3-8)11(13)14;8-7-10-1-4-11(9,5-2-10)6-3-10;4-3(5,6)1-2-7;2*2-1(3)4;;;/h2*2-5H,6-7H2,1H3,(H,19,21);2-5,8H,6-7H2,1H3,(H,18,20);2-5H,1H3;2-6H,1H3,(H,13,14);1-7H2;1-2,7H2;;;3*1H/q;;;;;+2;;;;;;/p-2. The molecule has 0 spiro atoms. The molecule has 3 saturated heterocycles. The lowest BCUT2D eigenvalue weighted by molar-refractivity contribution is -1.15. The van der Waals surface area contributed by atoms with Crippen molar-refractivity contribution in [1.29, 1.82) is 0 Å². The summed E-state index contributed by atoms with van der Waals surface area (Å²) in [7, 11) is -7.33. The molecular weight excluding hydrogens is 1920 g/mol. The van der Waals surface area contributed by atoms with Gasteiger partial charge in [-0.2, -0.15) is 57.1 Å². The van der Waals surface area contributed by atoms with E-state index in [4.69, 9.17) is 51.5 Å². The number of alkyl halides is 13. The lowest BCUT2D eigenvalue weighted by Crippen LogP contribution is -3.00. The van der Waals surface area contributed by atoms with Crippen molar-refractivity contribution in [3.63, 3.8) is 0 Å². The Labute approximate surface area is 747 Å². The van der Waals surface area contributed by atoms with Gasteiger partial charge in [-0.1, -0.05) is 107 Å². The van der Waals surface area contributed by atoms with E-state index in [1.807, 2.05) is 38.5 Å². The van der Waals surface area contributed by atoms with Crippen molar-refractivity contribution in [2.24, 2.45) is 5.73 Å². The number of hydrogen-bond donors (Lipinski definition) is 5. The number of carboxylic acid groups (broad SMARTS) is 1. The summed E-state index contributed by atoms with van der Waals surface area (Å²) in [4.78, 5) is 78.0. The number of benzene rings is 5. The predicted molar refractivity (Wildman–Crippen MR) is 444 cm³/mol. The lowest BCUT2D eigenvalue weighted by Gasteiger charge is -2.48. The lowest BCUT2D eigenvalue weighted by atomic mass is 10.1. The smallest absolute Gasteiger partial charge is 0.762 e. The van der Waals surface area contributed by atoms with Crippen molar-refractivity contribution in [1.82, 2.24) is 40.9 Å². The summed E-state index contributed by atoms with van der Waals surface area (Å²) in [5, 5.41) is 22.7. The van der Waals surface area contributed by atoms with E-state index < -0.39 is 119 Å². The molecule has 3 fully saturated rings. The minimum absolute atomic E-state index is 0. The first-order valence-electron chi connectivity index (χ1n) is 35.1. The van der Waals surface area contributed by atoms with Crippen molar-refractivity contribution in [2.75, 3.05) is 71.5 Å². The maximum atomic E-state index is 13.6. The Morgan fingerprint density at radius 3 is 0.936 bits per heavy atom. The number of quaternary nitrogens is 2. The second-order valence-corrected chi connectivity index (χ2v) is 32.8. The van der Waals surface area contributed by atoms with Gasteiger partial charge < -0.3 is 36.2 Å². The van der Waals surface area contributed by atoms with Gasteiger partial charge in [-0.3, -0.25) is 49.6 Å². The Balaban J connectivity index is 0.000000728. The number of rotatable bonds is 18. The van der Waals surface area contributed by atoms with E-state index in [0.29, 0.717) is 67.3 Å². The number of nitrogens with one attached hydrogen (secondary N) is 3. The summed E-state index contributed by atoms with van der Waals surface area (Å²) in [6.45, 7) is 12.4. The van der Waals surface area contributed by atoms with E-state index >= 15 is 0 Å². The third kappa shape index (κ3) is 43.9. The number of nitrogens with two attached hydrogens (primary N) is 1. The van der Waals surface area contributed by atoms with Crippen molar-refractivity contribution in [3.05, 3.63) is 199 Å². The van der Waals surface area contributed by atoms with Crippen LogP contribution in [0.2, 0.25) is 8.67 Å². The van der Waals surface area contributed by atoms with Crippen LogP contribution in [0.25, 0.3) is 56.3 Å². The predicted octanol–water partition coefficient (Wildman–Crippen LogP) is 17.0. The molecule has 0 radical (unpaired) electrons. The number of piperazine rings is 3. The number of carboxylic acids is 1. The summed E-state index contributed by atoms with van der Waals surface area (Å²) in [6, 6.07) is 33.2. The average molecular weight is 1990 g/mol. The third-order valence-corrected chi connectivity index (χ3v) is 21.5. The minimum atomic E-state index is -4.31. The fraction of sp³-hybridized carbons (Fsp3) is 0.324. The highest BCUT2D eigenvalue weighted by atomic mass is 35.5. The molecule has 8 heterocycles. The molecule has 13 rings (SSSR count). The van der Waals surface area contributed by atoms with Crippen LogP contribution in [0, 0.1) is 39.7 Å². The van der Waals surface area contributed by atoms with Crippen molar-refractivity contribution in [3.8, 4) is 56.3 Å². The van der Waals surface area contributed by atoms with Crippen LogP contribution in [0.4, 0.5) is 87.5 Å². The van der Waals surface area contributed by atoms with Gasteiger partial charge in [0, 0.05) is 87.0 Å². The number of halogens is 27. The second kappa shape index (κ2) is 54.1. The monoisotopic (exact) mass is 1990 g/mol. The van der Waals surface area contributed by atoms with Crippen LogP contribution in [0.5, 0.6) is 0 Å². The van der Waals surface area contributed by atoms with Crippen LogP contribution < -0.4 is 31.1 Å². The normalized spacial score (nSPS) is 14.0. The fourth-order valence-electron chi connectivity index (χ4n) is 10.1. The Bertz CT molecular complexity index is 4770. The molecule has 3 aliphatic rings. The highest BCUT2D eigenvalue weighted by Crippen LogP contribution is 2.36. The molecule has 10 aromatic rings. The van der Waals surface area contributed by atoms with Gasteiger partial charge in [0.2, 0.25) is 5.13 Å². The number of aromatic nitrogens is 5. The average Bonchev–Trinajstić information content (AvgIpc) is 1.78. The topological polar surface area (TPSA) is 232 Å².